The van der Waals surface area contributed by atoms with Gasteiger partial charge in [-0.3, -0.25) is 14.4 Å². The smallest absolute Gasteiger partial charge is 0.264 e. The molecule has 0 spiro atoms. The van der Waals surface area contributed by atoms with Gasteiger partial charge in [0.1, 0.15) is 34.9 Å². The fourth-order valence-corrected chi connectivity index (χ4v) is 8.17. The molecule has 4 atom stereocenters. The summed E-state index contributed by atoms with van der Waals surface area (Å²) in [6.07, 6.45) is 7.02. The van der Waals surface area contributed by atoms with Gasteiger partial charge in [0.05, 0.1) is 36.4 Å². The molecule has 7 rings (SSSR count). The third-order valence-electron chi connectivity index (χ3n) is 10.1. The molecule has 2 bridgehead atoms. The first-order valence-corrected chi connectivity index (χ1v) is 19.3. The van der Waals surface area contributed by atoms with E-state index in [-0.39, 0.29) is 30.2 Å². The summed E-state index contributed by atoms with van der Waals surface area (Å²) in [7, 11) is -2.72. The molecule has 1 saturated heterocycles. The summed E-state index contributed by atoms with van der Waals surface area (Å²) < 4.78 is 46.8. The van der Waals surface area contributed by atoms with Crippen LogP contribution in [0.3, 0.4) is 0 Å². The highest BCUT2D eigenvalue weighted by Gasteiger charge is 2.61. The molecule has 0 radical (unpaired) electrons. The second kappa shape index (κ2) is 14.9. The second-order valence-corrected chi connectivity index (χ2v) is 15.4. The van der Waals surface area contributed by atoms with E-state index in [1.165, 1.54) is 24.0 Å². The zero-order valence-electron chi connectivity index (χ0n) is 29.6. The summed E-state index contributed by atoms with van der Waals surface area (Å²) in [6, 6.07) is 22.1. The molecule has 4 aromatic rings. The first kappa shape index (κ1) is 36.0. The molecular weight excluding hydrogens is 697 g/mol. The number of allylic oxidation sites excluding steroid dienone is 1. The Hall–Kier alpha value is -5.43. The van der Waals surface area contributed by atoms with Crippen molar-refractivity contribution in [2.45, 2.75) is 68.0 Å². The topological polar surface area (TPSA) is 153 Å². The van der Waals surface area contributed by atoms with Crippen LogP contribution >= 0.6 is 0 Å². The molecule has 2 N–H and O–H groups in total. The molecule has 3 aromatic carbocycles. The van der Waals surface area contributed by atoms with Crippen molar-refractivity contribution in [2.24, 2.45) is 5.92 Å². The van der Waals surface area contributed by atoms with Crippen LogP contribution in [0.4, 0.5) is 0 Å². The van der Waals surface area contributed by atoms with E-state index in [9.17, 15) is 22.8 Å². The Labute approximate surface area is 308 Å². The number of likely N-dealkylation sites (tertiary alicyclic amines) is 1. The molecule has 3 amide bonds. The number of benzene rings is 3. The maximum Gasteiger partial charge on any atom is 0.264 e. The van der Waals surface area contributed by atoms with Crippen LogP contribution in [-0.2, 0) is 24.4 Å². The minimum absolute atomic E-state index is 0.124. The second-order valence-electron chi connectivity index (χ2n) is 13.7. The van der Waals surface area contributed by atoms with Gasteiger partial charge in [0, 0.05) is 48.4 Å². The lowest BCUT2D eigenvalue weighted by Gasteiger charge is -2.25. The third kappa shape index (κ3) is 7.71. The molecule has 2 fully saturated rings. The van der Waals surface area contributed by atoms with Crippen molar-refractivity contribution >= 4 is 38.6 Å². The summed E-state index contributed by atoms with van der Waals surface area (Å²) in [6.45, 7) is 1.96. The highest BCUT2D eigenvalue weighted by molar-refractivity contribution is 7.90. The van der Waals surface area contributed by atoms with Gasteiger partial charge in [-0.2, -0.15) is 0 Å². The van der Waals surface area contributed by atoms with Crippen molar-refractivity contribution in [3.8, 4) is 28.5 Å². The van der Waals surface area contributed by atoms with Gasteiger partial charge in [0.25, 0.3) is 15.9 Å². The zero-order valence-corrected chi connectivity index (χ0v) is 30.4. The average Bonchev–Trinajstić information content (AvgIpc) is 3.68. The predicted molar refractivity (Wildman–Crippen MR) is 198 cm³/mol. The molecule has 3 aliphatic rings. The van der Waals surface area contributed by atoms with Gasteiger partial charge in [-0.05, 0) is 56.4 Å². The number of carbonyl (C=O) groups is 3. The highest BCUT2D eigenvalue weighted by atomic mass is 32.2. The van der Waals surface area contributed by atoms with Gasteiger partial charge in [-0.25, -0.2) is 18.1 Å². The molecule has 276 valence electrons. The minimum atomic E-state index is -4.30. The quantitative estimate of drug-likeness (QED) is 0.255. The van der Waals surface area contributed by atoms with E-state index in [1.807, 2.05) is 66.7 Å². The first-order chi connectivity index (χ1) is 25.6. The fourth-order valence-electron chi connectivity index (χ4n) is 7.10. The number of carbonyl (C=O) groups excluding carboxylic acids is 3. The van der Waals surface area contributed by atoms with Gasteiger partial charge in [0.2, 0.25) is 11.8 Å². The molecule has 1 saturated carbocycles. The van der Waals surface area contributed by atoms with Crippen LogP contribution in [0.5, 0.6) is 17.2 Å². The van der Waals surface area contributed by atoms with Crippen molar-refractivity contribution in [1.82, 2.24) is 19.9 Å². The number of fused-ring (bicyclic) bond motifs is 4. The van der Waals surface area contributed by atoms with Gasteiger partial charge in [-0.1, -0.05) is 48.6 Å². The minimum Gasteiger partial charge on any atom is -0.497 e. The molecule has 53 heavy (non-hydrogen) atoms. The Morgan fingerprint density at radius 2 is 1.85 bits per heavy atom. The third-order valence-corrected chi connectivity index (χ3v) is 11.4. The number of nitrogens with zero attached hydrogens (tertiary/aromatic N) is 2. The Balaban J connectivity index is 1.14. The number of nitrogens with one attached hydrogen (secondary N) is 2. The van der Waals surface area contributed by atoms with Crippen LogP contribution in [0.25, 0.3) is 22.2 Å². The lowest BCUT2D eigenvalue weighted by molar-refractivity contribution is -0.138. The predicted octanol–water partition coefficient (Wildman–Crippen LogP) is 5.17. The summed E-state index contributed by atoms with van der Waals surface area (Å²) in [4.78, 5) is 47.1. The largest absolute Gasteiger partial charge is 0.497 e. The number of rotatable bonds is 6. The number of amides is 3. The SMILES string of the molecule is COc1ccc2c(O[C@@H]3C[C@@H](C(=O)N[C@]45C[C@@H]4/C=C\CCCCCOc4cccc(c4)S(=O)(=O)NC5=O)N(C(C)=O)C3)cc(-c3ccccc3)nc2c1. The van der Waals surface area contributed by atoms with Crippen LogP contribution in [-0.4, -0.2) is 74.0 Å². The maximum atomic E-state index is 14.1. The number of sulfonamides is 1. The van der Waals surface area contributed by atoms with E-state index in [2.05, 4.69) is 10.0 Å². The number of hydrogen-bond donors (Lipinski definition) is 2. The number of methoxy groups -OCH3 is 1. The van der Waals surface area contributed by atoms with E-state index in [4.69, 9.17) is 19.2 Å². The lowest BCUT2D eigenvalue weighted by atomic mass is 10.1. The summed E-state index contributed by atoms with van der Waals surface area (Å²) >= 11 is 0. The number of aromatic nitrogens is 1. The van der Waals surface area contributed by atoms with Gasteiger partial charge < -0.3 is 24.4 Å². The van der Waals surface area contributed by atoms with E-state index in [1.54, 1.807) is 19.2 Å². The van der Waals surface area contributed by atoms with Crippen LogP contribution in [0.1, 0.15) is 45.4 Å². The van der Waals surface area contributed by atoms with Crippen molar-refractivity contribution in [1.29, 1.82) is 0 Å². The zero-order chi connectivity index (χ0) is 37.2. The molecule has 13 heteroatoms. The normalized spacial score (nSPS) is 24.6. The standard InChI is InChI=1S/C40H42N4O8S/c1-26(45)44-25-31(52-37-23-34(27-12-7-6-8-13-27)41-35-21-29(50-2)17-18-33(35)37)22-36(44)38(46)42-40-24-28(40)14-9-4-3-5-10-19-51-30-15-11-16-32(20-30)53(48,49)43-39(40)47/h6-9,11-18,20-21,23,28,31,36H,3-5,10,19,22,24-25H2,1-2H3,(H,42,46)(H,43,47)/b14-9-/t28-,31+,36-,40+/m0/s1. The molecule has 3 heterocycles. The molecule has 12 nitrogen and oxygen atoms in total. The number of ether oxygens (including phenoxy) is 3. The van der Waals surface area contributed by atoms with E-state index < -0.39 is 45.4 Å². The van der Waals surface area contributed by atoms with E-state index in [0.717, 1.165) is 36.6 Å². The maximum absolute atomic E-state index is 14.1. The lowest BCUT2D eigenvalue weighted by Crippen LogP contribution is -2.56. The van der Waals surface area contributed by atoms with Crippen molar-refractivity contribution in [2.75, 3.05) is 20.3 Å². The van der Waals surface area contributed by atoms with Crippen molar-refractivity contribution in [3.63, 3.8) is 0 Å². The summed E-state index contributed by atoms with van der Waals surface area (Å²) in [5.41, 5.74) is 0.713. The number of hydrogen-bond acceptors (Lipinski definition) is 9. The van der Waals surface area contributed by atoms with Crippen LogP contribution in [0, 0.1) is 5.92 Å². The summed E-state index contributed by atoms with van der Waals surface area (Å²) in [5, 5.41) is 3.62. The van der Waals surface area contributed by atoms with Crippen LogP contribution < -0.4 is 24.2 Å². The molecule has 0 unspecified atom stereocenters. The molecule has 1 aromatic heterocycles. The van der Waals surface area contributed by atoms with Crippen LogP contribution in [0.15, 0.2) is 95.9 Å². The fraction of sp³-hybridized carbons (Fsp3) is 0.350. The molecular formula is C40H42N4O8S. The first-order valence-electron chi connectivity index (χ1n) is 17.8. The Bertz CT molecular complexity index is 2180. The van der Waals surface area contributed by atoms with E-state index in [0.29, 0.717) is 35.1 Å². The Morgan fingerprint density at radius 1 is 1.02 bits per heavy atom. The monoisotopic (exact) mass is 738 g/mol. The Kier molecular flexibility index (Phi) is 10.1. The molecule has 1 aliphatic carbocycles. The van der Waals surface area contributed by atoms with Crippen LogP contribution in [0.2, 0.25) is 0 Å². The Morgan fingerprint density at radius 3 is 2.64 bits per heavy atom. The van der Waals surface area contributed by atoms with Crippen molar-refractivity contribution in [3.05, 3.63) is 91.0 Å². The van der Waals surface area contributed by atoms with Gasteiger partial charge in [0.15, 0.2) is 0 Å². The highest BCUT2D eigenvalue weighted by Crippen LogP contribution is 2.46. The van der Waals surface area contributed by atoms with Gasteiger partial charge in [-0.15, -0.1) is 0 Å². The summed E-state index contributed by atoms with van der Waals surface area (Å²) in [5.74, 6) is -0.605. The number of pyridine rings is 1. The van der Waals surface area contributed by atoms with E-state index >= 15 is 0 Å². The van der Waals surface area contributed by atoms with Gasteiger partial charge >= 0.3 is 0 Å². The molecule has 2 aliphatic heterocycles. The average molecular weight is 739 g/mol. The van der Waals surface area contributed by atoms with Crippen molar-refractivity contribution < 1.29 is 37.0 Å².